The van der Waals surface area contributed by atoms with Crippen molar-refractivity contribution >= 4 is 40.8 Å². The molecule has 1 aliphatic rings. The lowest BCUT2D eigenvalue weighted by Gasteiger charge is -2.09. The molecule has 0 unspecified atom stereocenters. The van der Waals surface area contributed by atoms with Gasteiger partial charge in [-0.1, -0.05) is 11.6 Å². The van der Waals surface area contributed by atoms with E-state index >= 15 is 0 Å². The van der Waals surface area contributed by atoms with Crippen LogP contribution >= 0.6 is 11.6 Å². The van der Waals surface area contributed by atoms with Crippen molar-refractivity contribution in [2.45, 2.75) is 32.8 Å². The van der Waals surface area contributed by atoms with Crippen molar-refractivity contribution in [1.82, 2.24) is 14.4 Å². The molecule has 2 aromatic heterocycles. The zero-order valence-electron chi connectivity index (χ0n) is 16.0. The van der Waals surface area contributed by atoms with Gasteiger partial charge in [0.05, 0.1) is 28.7 Å². The zero-order valence-corrected chi connectivity index (χ0v) is 16.7. The molecule has 1 saturated carbocycles. The average molecular weight is 414 g/mol. The Bertz CT molecular complexity index is 1090. The molecule has 4 rings (SSSR count). The van der Waals surface area contributed by atoms with Crippen molar-refractivity contribution in [3.63, 3.8) is 0 Å². The van der Waals surface area contributed by atoms with Crippen molar-refractivity contribution in [3.05, 3.63) is 41.8 Å². The van der Waals surface area contributed by atoms with E-state index < -0.39 is 6.09 Å². The molecule has 0 bridgehead atoms. The largest absolute Gasteiger partial charge is 0.447 e. The fourth-order valence-corrected chi connectivity index (χ4v) is 3.04. The molecule has 0 spiro atoms. The van der Waals surface area contributed by atoms with Crippen LogP contribution in [-0.4, -0.2) is 32.5 Å². The molecule has 0 saturated heterocycles. The van der Waals surface area contributed by atoms with Crippen molar-refractivity contribution < 1.29 is 14.3 Å². The summed E-state index contributed by atoms with van der Waals surface area (Å²) in [6.07, 6.45) is 6.05. The number of hydrogen-bond acceptors (Lipinski definition) is 5. The van der Waals surface area contributed by atoms with Gasteiger partial charge in [0.2, 0.25) is 11.7 Å². The summed E-state index contributed by atoms with van der Waals surface area (Å²) in [7, 11) is 0. The van der Waals surface area contributed by atoms with Crippen LogP contribution in [0.3, 0.4) is 0 Å². The highest BCUT2D eigenvalue weighted by Gasteiger charge is 2.29. The first kappa shape index (κ1) is 19.2. The number of rotatable bonds is 5. The van der Waals surface area contributed by atoms with Crippen LogP contribution in [0.5, 0.6) is 0 Å². The summed E-state index contributed by atoms with van der Waals surface area (Å²) in [5, 5.41) is 6.05. The molecule has 9 heteroatoms. The minimum atomic E-state index is -0.552. The summed E-state index contributed by atoms with van der Waals surface area (Å²) in [5.41, 5.74) is 2.43. The molecule has 2 amide bonds. The summed E-state index contributed by atoms with van der Waals surface area (Å²) < 4.78 is 6.75. The molecule has 0 atom stereocenters. The maximum atomic E-state index is 12.0. The summed E-state index contributed by atoms with van der Waals surface area (Å²) >= 11 is 6.36. The Morgan fingerprint density at radius 3 is 2.72 bits per heavy atom. The van der Waals surface area contributed by atoms with Crippen molar-refractivity contribution in [2.75, 3.05) is 10.6 Å². The van der Waals surface area contributed by atoms with Gasteiger partial charge in [-0.15, -0.1) is 0 Å². The number of carbonyl (C=O) groups is 2. The Hall–Kier alpha value is -3.13. The second-order valence-electron chi connectivity index (χ2n) is 7.21. The Morgan fingerprint density at radius 2 is 2.00 bits per heavy atom. The molecule has 150 valence electrons. The van der Waals surface area contributed by atoms with Gasteiger partial charge in [-0.05, 0) is 44.9 Å². The van der Waals surface area contributed by atoms with E-state index in [4.69, 9.17) is 16.3 Å². The maximum absolute atomic E-state index is 12.0. The third-order valence-corrected chi connectivity index (χ3v) is 4.69. The Labute approximate surface area is 172 Å². The number of imidazole rings is 1. The van der Waals surface area contributed by atoms with Crippen LogP contribution in [0, 0.1) is 5.92 Å². The predicted octanol–water partition coefficient (Wildman–Crippen LogP) is 4.36. The number of fused-ring (bicyclic) bond motifs is 1. The Kier molecular flexibility index (Phi) is 5.10. The monoisotopic (exact) mass is 413 g/mol. The van der Waals surface area contributed by atoms with E-state index in [1.54, 1.807) is 48.8 Å². The Morgan fingerprint density at radius 1 is 1.21 bits per heavy atom. The van der Waals surface area contributed by atoms with Crippen LogP contribution in [0.4, 0.5) is 16.2 Å². The van der Waals surface area contributed by atoms with Gasteiger partial charge >= 0.3 is 6.09 Å². The normalized spacial score (nSPS) is 13.5. The fraction of sp³-hybridized carbons (Fsp3) is 0.300. The highest BCUT2D eigenvalue weighted by Crippen LogP contribution is 2.33. The number of nitrogens with one attached hydrogen (secondary N) is 2. The number of amides is 2. The molecular formula is C20H20ClN5O3. The standard InChI is InChI=1S/C20H20ClN5O3/c1-11(2)29-20(28)24-14-8-22-19-25-17(10-26(19)9-14)15-7-13(5-6-16(15)21)23-18(27)12-3-4-12/h5-12H,3-4H2,1-2H3,(H,23,27)(H,24,28). The quantitative estimate of drug-likeness (QED) is 0.647. The van der Waals surface area contributed by atoms with E-state index in [0.717, 1.165) is 12.8 Å². The topological polar surface area (TPSA) is 97.6 Å². The minimum Gasteiger partial charge on any atom is -0.447 e. The highest BCUT2D eigenvalue weighted by molar-refractivity contribution is 6.33. The fourth-order valence-electron chi connectivity index (χ4n) is 2.83. The maximum Gasteiger partial charge on any atom is 0.411 e. The van der Waals surface area contributed by atoms with Gasteiger partial charge in [0.15, 0.2) is 0 Å². The summed E-state index contributed by atoms with van der Waals surface area (Å²) in [5.74, 6) is 0.590. The minimum absolute atomic E-state index is 0.0268. The van der Waals surface area contributed by atoms with Crippen LogP contribution < -0.4 is 10.6 Å². The summed E-state index contributed by atoms with van der Waals surface area (Å²) in [6.45, 7) is 3.54. The molecule has 0 aliphatic heterocycles. The number of nitrogens with zero attached hydrogens (tertiary/aromatic N) is 3. The number of ether oxygens (including phenoxy) is 1. The predicted molar refractivity (Wildman–Crippen MR) is 110 cm³/mol. The van der Waals surface area contributed by atoms with E-state index in [1.165, 1.54) is 6.20 Å². The first-order chi connectivity index (χ1) is 13.9. The lowest BCUT2D eigenvalue weighted by Crippen LogP contribution is -2.18. The van der Waals surface area contributed by atoms with Crippen LogP contribution in [0.1, 0.15) is 26.7 Å². The second-order valence-corrected chi connectivity index (χ2v) is 7.62. The van der Waals surface area contributed by atoms with Crippen LogP contribution in [0.15, 0.2) is 36.8 Å². The summed E-state index contributed by atoms with van der Waals surface area (Å²) in [6, 6.07) is 5.29. The third-order valence-electron chi connectivity index (χ3n) is 4.36. The molecule has 1 aromatic carbocycles. The summed E-state index contributed by atoms with van der Waals surface area (Å²) in [4.78, 5) is 32.5. The molecule has 8 nitrogen and oxygen atoms in total. The number of hydrogen-bond donors (Lipinski definition) is 2. The molecule has 1 aliphatic carbocycles. The number of aromatic nitrogens is 3. The molecule has 2 heterocycles. The van der Waals surface area contributed by atoms with Crippen LogP contribution in [0.2, 0.25) is 5.02 Å². The van der Waals surface area contributed by atoms with E-state index in [1.807, 2.05) is 0 Å². The first-order valence-electron chi connectivity index (χ1n) is 9.32. The molecule has 1 fully saturated rings. The molecular weight excluding hydrogens is 394 g/mol. The van der Waals surface area contributed by atoms with Crippen molar-refractivity contribution in [2.24, 2.45) is 5.92 Å². The van der Waals surface area contributed by atoms with Gasteiger partial charge in [0.25, 0.3) is 0 Å². The second kappa shape index (κ2) is 7.71. The first-order valence-corrected chi connectivity index (χ1v) is 9.70. The number of halogens is 1. The van der Waals surface area contributed by atoms with E-state index in [-0.39, 0.29) is 17.9 Å². The van der Waals surface area contributed by atoms with Gasteiger partial charge in [0.1, 0.15) is 0 Å². The number of benzene rings is 1. The number of carbonyl (C=O) groups excluding carboxylic acids is 2. The molecule has 3 aromatic rings. The third kappa shape index (κ3) is 4.48. The number of anilines is 2. The van der Waals surface area contributed by atoms with Crippen molar-refractivity contribution in [3.8, 4) is 11.3 Å². The Balaban J connectivity index is 1.59. The van der Waals surface area contributed by atoms with Gasteiger partial charge < -0.3 is 10.1 Å². The van der Waals surface area contributed by atoms with Gasteiger partial charge in [-0.3, -0.25) is 14.5 Å². The lowest BCUT2D eigenvalue weighted by atomic mass is 10.1. The van der Waals surface area contributed by atoms with Crippen LogP contribution in [-0.2, 0) is 9.53 Å². The smallest absolute Gasteiger partial charge is 0.411 e. The van der Waals surface area contributed by atoms with Gasteiger partial charge in [0, 0.05) is 29.6 Å². The molecule has 2 N–H and O–H groups in total. The average Bonchev–Trinajstić information content (AvgIpc) is 3.42. The lowest BCUT2D eigenvalue weighted by molar-refractivity contribution is -0.117. The zero-order chi connectivity index (χ0) is 20.5. The van der Waals surface area contributed by atoms with Crippen molar-refractivity contribution in [1.29, 1.82) is 0 Å². The van der Waals surface area contributed by atoms with Crippen LogP contribution in [0.25, 0.3) is 17.0 Å². The van der Waals surface area contributed by atoms with E-state index in [9.17, 15) is 9.59 Å². The molecule has 29 heavy (non-hydrogen) atoms. The van der Waals surface area contributed by atoms with E-state index in [0.29, 0.717) is 33.4 Å². The SMILES string of the molecule is CC(C)OC(=O)Nc1cnc2nc(-c3cc(NC(=O)C4CC4)ccc3Cl)cn2c1. The highest BCUT2D eigenvalue weighted by atomic mass is 35.5. The van der Waals surface area contributed by atoms with Gasteiger partial charge in [-0.2, -0.15) is 0 Å². The molecule has 0 radical (unpaired) electrons. The van der Waals surface area contributed by atoms with Gasteiger partial charge in [-0.25, -0.2) is 14.8 Å². The van der Waals surface area contributed by atoms with E-state index in [2.05, 4.69) is 20.6 Å².